The third-order valence-electron chi connectivity index (χ3n) is 7.93. The van der Waals surface area contributed by atoms with Crippen molar-refractivity contribution in [3.8, 4) is 0 Å². The van der Waals surface area contributed by atoms with E-state index in [0.29, 0.717) is 0 Å². The van der Waals surface area contributed by atoms with E-state index in [9.17, 15) is 4.79 Å². The summed E-state index contributed by atoms with van der Waals surface area (Å²) >= 11 is 0. The number of carbonyl (C=O) groups excluding carboxylic acids is 1. The molecule has 166 valence electrons. The molecule has 4 aliphatic rings. The van der Waals surface area contributed by atoms with E-state index < -0.39 is 10.0 Å². The van der Waals surface area contributed by atoms with Crippen molar-refractivity contribution in [2.45, 2.75) is 22.6 Å². The maximum absolute atomic E-state index is 13.8. The van der Waals surface area contributed by atoms with Crippen molar-refractivity contribution in [3.05, 3.63) is 82.9 Å². The normalized spacial score (nSPS) is 20.7. The fourth-order valence-electron chi connectivity index (χ4n) is 5.76. The Morgan fingerprint density at radius 2 is 1.15 bits per heavy atom. The number of hydrogen-bond donors (Lipinski definition) is 0. The maximum atomic E-state index is 13.8. The fraction of sp³-hybridized carbons (Fsp3) is 0.276. The van der Waals surface area contributed by atoms with E-state index in [1.54, 1.807) is 0 Å². The average Bonchev–Trinajstić information content (AvgIpc) is 2.99. The summed E-state index contributed by atoms with van der Waals surface area (Å²) < 4.78 is 0. The minimum atomic E-state index is -1.33. The Balaban J connectivity index is 1.55. The molecule has 3 aromatic carbocycles. The van der Waals surface area contributed by atoms with E-state index >= 15 is 0 Å². The van der Waals surface area contributed by atoms with E-state index in [1.807, 2.05) is 12.1 Å². The number of fused-ring (bicyclic) bond motifs is 6. The van der Waals surface area contributed by atoms with Gasteiger partial charge in [0.2, 0.25) is 0 Å². The first kappa shape index (κ1) is 19.5. The van der Waals surface area contributed by atoms with Gasteiger partial charge in [0.15, 0.2) is 5.78 Å². The summed E-state index contributed by atoms with van der Waals surface area (Å²) in [5, 5.41) is 0. The molecule has 3 aromatic rings. The van der Waals surface area contributed by atoms with Crippen LogP contribution >= 0.6 is 10.0 Å². The Bertz CT molecular complexity index is 1380. The lowest BCUT2D eigenvalue weighted by atomic mass is 9.93. The summed E-state index contributed by atoms with van der Waals surface area (Å²) in [5.74, 6) is 0.174. The van der Waals surface area contributed by atoms with Crippen molar-refractivity contribution in [2.24, 2.45) is 0 Å². The molecule has 2 saturated heterocycles. The number of hydrogen-bond acceptors (Lipinski definition) is 3. The summed E-state index contributed by atoms with van der Waals surface area (Å²) in [4.78, 5) is 21.5. The molecule has 4 heteroatoms. The highest BCUT2D eigenvalue weighted by atomic mass is 32.3. The average molecular weight is 453 g/mol. The highest BCUT2D eigenvalue weighted by Gasteiger charge is 2.39. The quantitative estimate of drug-likeness (QED) is 0.472. The number of allylic oxidation sites excluding steroid dienone is 1. The Hall–Kier alpha value is -2.98. The number of Topliss-reactive ketones (excluding diaryl/α,β-unsaturated/α-hetero) is 1. The smallest absolute Gasteiger partial charge is 0.194 e. The molecule has 1 aliphatic carbocycles. The van der Waals surface area contributed by atoms with Crippen molar-refractivity contribution in [2.75, 3.05) is 48.5 Å². The standard InChI is InChI=1S/C29H28N2OS/c1-33(2)25-17-19(30-13-5-14-30)9-11-23(25)27-21-7-3-4-8-22(21)29(32)28(27)24-12-10-20(18-26(24)33)31-15-6-16-31/h3-4,7-12,17-18H,5-6,13-16H2,1-2H3. The fourth-order valence-corrected chi connectivity index (χ4v) is 8.27. The first-order valence-electron chi connectivity index (χ1n) is 11.9. The van der Waals surface area contributed by atoms with Crippen molar-refractivity contribution >= 4 is 38.3 Å². The van der Waals surface area contributed by atoms with Gasteiger partial charge in [-0.15, -0.1) is 0 Å². The molecule has 0 amide bonds. The van der Waals surface area contributed by atoms with Crippen molar-refractivity contribution in [1.29, 1.82) is 0 Å². The topological polar surface area (TPSA) is 23.6 Å². The Morgan fingerprint density at radius 3 is 1.67 bits per heavy atom. The largest absolute Gasteiger partial charge is 0.371 e. The molecule has 0 spiro atoms. The van der Waals surface area contributed by atoms with Crippen LogP contribution in [-0.4, -0.2) is 44.5 Å². The van der Waals surface area contributed by atoms with Crippen LogP contribution < -0.4 is 9.80 Å². The van der Waals surface area contributed by atoms with Gasteiger partial charge in [-0.3, -0.25) is 4.79 Å². The third-order valence-corrected chi connectivity index (χ3v) is 10.8. The summed E-state index contributed by atoms with van der Waals surface area (Å²) in [6.45, 7) is 4.53. The molecule has 0 radical (unpaired) electrons. The van der Waals surface area contributed by atoms with Gasteiger partial charge in [0.05, 0.1) is 0 Å². The van der Waals surface area contributed by atoms with E-state index in [2.05, 4.69) is 70.8 Å². The number of anilines is 2. The predicted molar refractivity (Wildman–Crippen MR) is 139 cm³/mol. The van der Waals surface area contributed by atoms with Gasteiger partial charge in [0.25, 0.3) is 0 Å². The summed E-state index contributed by atoms with van der Waals surface area (Å²) in [6, 6.07) is 22.0. The lowest BCUT2D eigenvalue weighted by Gasteiger charge is -2.39. The maximum Gasteiger partial charge on any atom is 0.194 e. The highest BCUT2D eigenvalue weighted by Crippen LogP contribution is 2.65. The first-order chi connectivity index (χ1) is 16.0. The zero-order valence-electron chi connectivity index (χ0n) is 19.2. The van der Waals surface area contributed by atoms with Gasteiger partial charge in [-0.25, -0.2) is 0 Å². The van der Waals surface area contributed by atoms with E-state index in [4.69, 9.17) is 0 Å². The van der Waals surface area contributed by atoms with Gasteiger partial charge >= 0.3 is 0 Å². The van der Waals surface area contributed by atoms with Crippen molar-refractivity contribution in [1.82, 2.24) is 0 Å². The molecule has 0 aromatic heterocycles. The van der Waals surface area contributed by atoms with Crippen LogP contribution in [0.2, 0.25) is 0 Å². The molecular weight excluding hydrogens is 424 g/mol. The highest BCUT2D eigenvalue weighted by molar-refractivity contribution is 8.32. The zero-order valence-corrected chi connectivity index (χ0v) is 20.0. The second kappa shape index (κ2) is 6.77. The molecule has 3 aliphatic heterocycles. The Morgan fingerprint density at radius 1 is 0.636 bits per heavy atom. The summed E-state index contributed by atoms with van der Waals surface area (Å²) in [7, 11) is -1.33. The van der Waals surface area contributed by atoms with Crippen molar-refractivity contribution < 1.29 is 4.79 Å². The molecule has 0 bridgehead atoms. The minimum Gasteiger partial charge on any atom is -0.371 e. The van der Waals surface area contributed by atoms with Gasteiger partial charge in [0.1, 0.15) is 0 Å². The minimum absolute atomic E-state index is 0.174. The van der Waals surface area contributed by atoms with Gasteiger partial charge < -0.3 is 9.80 Å². The molecule has 2 fully saturated rings. The number of benzene rings is 3. The predicted octanol–water partition coefficient (Wildman–Crippen LogP) is 6.06. The van der Waals surface area contributed by atoms with Crippen molar-refractivity contribution in [3.63, 3.8) is 0 Å². The van der Waals surface area contributed by atoms with Gasteiger partial charge in [0, 0.05) is 64.1 Å². The monoisotopic (exact) mass is 452 g/mol. The molecule has 3 heterocycles. The third kappa shape index (κ3) is 2.61. The number of ketones is 1. The van der Waals surface area contributed by atoms with Crippen LogP contribution in [0.3, 0.4) is 0 Å². The Kier molecular flexibility index (Phi) is 4.00. The summed E-state index contributed by atoms with van der Waals surface area (Å²) in [6.07, 6.45) is 7.37. The molecule has 3 nitrogen and oxygen atoms in total. The molecule has 7 rings (SSSR count). The molecule has 0 N–H and O–H groups in total. The van der Waals surface area contributed by atoms with E-state index in [-0.39, 0.29) is 5.78 Å². The van der Waals surface area contributed by atoms with Gasteiger partial charge in [-0.2, -0.15) is 10.0 Å². The molecule has 0 atom stereocenters. The summed E-state index contributed by atoms with van der Waals surface area (Å²) in [5.41, 5.74) is 8.97. The van der Waals surface area contributed by atoms with Crippen LogP contribution in [0.5, 0.6) is 0 Å². The van der Waals surface area contributed by atoms with Crippen LogP contribution in [0.25, 0.3) is 11.1 Å². The molecule has 0 unspecified atom stereocenters. The number of nitrogens with zero attached hydrogens (tertiary/aromatic N) is 2. The van der Waals surface area contributed by atoms with E-state index in [1.165, 1.54) is 39.6 Å². The lowest BCUT2D eigenvalue weighted by molar-refractivity contribution is 0.105. The lowest BCUT2D eigenvalue weighted by Crippen LogP contribution is -2.37. The first-order valence-corrected chi connectivity index (χ1v) is 14.4. The van der Waals surface area contributed by atoms with E-state index in [0.717, 1.165) is 54.0 Å². The van der Waals surface area contributed by atoms with Crippen LogP contribution in [0.1, 0.15) is 39.9 Å². The molecule has 33 heavy (non-hydrogen) atoms. The second-order valence-electron chi connectivity index (χ2n) is 9.99. The Labute approximate surface area is 197 Å². The molecular formula is C29H28N2OS. The second-order valence-corrected chi connectivity index (χ2v) is 13.5. The van der Waals surface area contributed by atoms with Crippen LogP contribution in [-0.2, 0) is 0 Å². The van der Waals surface area contributed by atoms with Crippen LogP contribution in [0.4, 0.5) is 11.4 Å². The van der Waals surface area contributed by atoms with Gasteiger partial charge in [-0.05, 0) is 66.3 Å². The number of rotatable bonds is 2. The number of carbonyl (C=O) groups is 1. The molecule has 0 saturated carbocycles. The van der Waals surface area contributed by atoms with Gasteiger partial charge in [-0.1, -0.05) is 36.4 Å². The zero-order chi connectivity index (χ0) is 22.3. The van der Waals surface area contributed by atoms with Crippen LogP contribution in [0, 0.1) is 0 Å². The SMILES string of the molecule is CS1(C)c2cc(N3CCC3)ccc2C2=C(c3ccccc3C2=O)c2ccc(N3CCC3)cc21. The van der Waals surface area contributed by atoms with Crippen LogP contribution in [0.15, 0.2) is 70.5 Å².